The highest BCUT2D eigenvalue weighted by molar-refractivity contribution is 6.31. The zero-order chi connectivity index (χ0) is 21.1. The van der Waals surface area contributed by atoms with Crippen molar-refractivity contribution in [2.45, 2.75) is 19.4 Å². The number of ether oxygens (including phenoxy) is 1. The second-order valence-corrected chi connectivity index (χ2v) is 7.84. The minimum Gasteiger partial charge on any atom is -0.378 e. The monoisotopic (exact) mass is 425 g/mol. The zero-order valence-corrected chi connectivity index (χ0v) is 17.6. The van der Waals surface area contributed by atoms with Gasteiger partial charge in [0, 0.05) is 31.2 Å². The van der Waals surface area contributed by atoms with Crippen molar-refractivity contribution in [1.29, 1.82) is 0 Å². The molecule has 1 saturated heterocycles. The van der Waals surface area contributed by atoms with E-state index in [1.54, 1.807) is 17.2 Å². The van der Waals surface area contributed by atoms with Gasteiger partial charge in [0.2, 0.25) is 11.8 Å². The summed E-state index contributed by atoms with van der Waals surface area (Å²) in [7, 11) is 0. The van der Waals surface area contributed by atoms with E-state index in [2.05, 4.69) is 10.2 Å². The Kier molecular flexibility index (Phi) is 6.06. The maximum Gasteiger partial charge on any atom is 0.226 e. The van der Waals surface area contributed by atoms with E-state index in [1.165, 1.54) is 6.92 Å². The topological polar surface area (TPSA) is 61.9 Å². The van der Waals surface area contributed by atoms with E-state index >= 15 is 0 Å². The lowest BCUT2D eigenvalue weighted by Gasteiger charge is -2.33. The average Bonchev–Trinajstić information content (AvgIpc) is 2.74. The van der Waals surface area contributed by atoms with Gasteiger partial charge in [-0.25, -0.2) is 0 Å². The average molecular weight is 426 g/mol. The van der Waals surface area contributed by atoms with Crippen molar-refractivity contribution >= 4 is 40.9 Å². The van der Waals surface area contributed by atoms with Crippen LogP contribution < -0.4 is 10.2 Å². The molecule has 0 spiro atoms. The molecule has 0 saturated carbocycles. The number of carbonyl (C=O) groups is 2. The summed E-state index contributed by atoms with van der Waals surface area (Å²) in [4.78, 5) is 29.0. The Morgan fingerprint density at radius 2 is 1.93 bits per heavy atom. The first-order valence-electron chi connectivity index (χ1n) is 10.0. The van der Waals surface area contributed by atoms with E-state index in [-0.39, 0.29) is 24.3 Å². The van der Waals surface area contributed by atoms with Crippen LogP contribution in [0.15, 0.2) is 48.7 Å². The van der Waals surface area contributed by atoms with Crippen molar-refractivity contribution in [2.75, 3.05) is 36.5 Å². The smallest absolute Gasteiger partial charge is 0.226 e. The molecular weight excluding hydrogens is 402 g/mol. The van der Waals surface area contributed by atoms with Gasteiger partial charge in [-0.15, -0.1) is 0 Å². The normalized spacial score (nSPS) is 18.1. The first-order chi connectivity index (χ1) is 14.5. The molecule has 2 heterocycles. The van der Waals surface area contributed by atoms with Gasteiger partial charge < -0.3 is 19.9 Å². The molecule has 2 aliphatic rings. The van der Waals surface area contributed by atoms with E-state index in [0.29, 0.717) is 23.9 Å². The zero-order valence-electron chi connectivity index (χ0n) is 16.8. The summed E-state index contributed by atoms with van der Waals surface area (Å²) in [6.45, 7) is 4.31. The van der Waals surface area contributed by atoms with Crippen LogP contribution in [0.25, 0.3) is 6.08 Å². The highest BCUT2D eigenvalue weighted by Gasteiger charge is 2.28. The molecule has 2 aliphatic heterocycles. The largest absolute Gasteiger partial charge is 0.378 e. The van der Waals surface area contributed by atoms with Crippen LogP contribution in [0.5, 0.6) is 0 Å². The third kappa shape index (κ3) is 4.35. The van der Waals surface area contributed by atoms with Crippen LogP contribution in [-0.2, 0) is 14.3 Å². The van der Waals surface area contributed by atoms with Crippen LogP contribution >= 0.6 is 11.6 Å². The number of hydrogen-bond donors (Lipinski definition) is 1. The number of nitrogens with zero attached hydrogens (tertiary/aromatic N) is 2. The summed E-state index contributed by atoms with van der Waals surface area (Å²) in [5.41, 5.74) is 3.57. The minimum atomic E-state index is -0.352. The Balaban J connectivity index is 1.56. The highest BCUT2D eigenvalue weighted by atomic mass is 35.5. The van der Waals surface area contributed by atoms with E-state index in [0.717, 1.165) is 29.9 Å². The molecule has 0 aromatic heterocycles. The van der Waals surface area contributed by atoms with E-state index < -0.39 is 0 Å². The fraction of sp³-hybridized carbons (Fsp3) is 0.304. The molecule has 1 unspecified atom stereocenters. The second kappa shape index (κ2) is 8.90. The maximum atomic E-state index is 13.0. The summed E-state index contributed by atoms with van der Waals surface area (Å²) in [5, 5.41) is 3.57. The summed E-state index contributed by atoms with van der Waals surface area (Å²) in [5.74, 6) is -0.275. The van der Waals surface area contributed by atoms with E-state index in [1.807, 2.05) is 42.5 Å². The molecule has 30 heavy (non-hydrogen) atoms. The standard InChI is InChI=1S/C23H24ClN3O3/c1-16(28)27-9-8-17-4-2-3-5-19(17)22(27)15-23(29)25-20-14-18(24)6-7-21(20)26-10-12-30-13-11-26/h2-9,14,22H,10-13,15H2,1H3,(H,25,29). The van der Waals surface area contributed by atoms with Crippen LogP contribution in [0.4, 0.5) is 11.4 Å². The molecule has 7 heteroatoms. The van der Waals surface area contributed by atoms with Crippen LogP contribution in [0, 0.1) is 0 Å². The van der Waals surface area contributed by atoms with Gasteiger partial charge in [-0.1, -0.05) is 35.9 Å². The summed E-state index contributed by atoms with van der Waals surface area (Å²) in [6.07, 6.45) is 3.80. The second-order valence-electron chi connectivity index (χ2n) is 7.40. The van der Waals surface area contributed by atoms with Crippen LogP contribution in [0.2, 0.25) is 5.02 Å². The Bertz CT molecular complexity index is 985. The Hall–Kier alpha value is -2.83. The Morgan fingerprint density at radius 1 is 1.17 bits per heavy atom. The molecule has 4 rings (SSSR count). The number of halogens is 1. The highest BCUT2D eigenvalue weighted by Crippen LogP contribution is 2.34. The first kappa shape index (κ1) is 20.4. The fourth-order valence-electron chi connectivity index (χ4n) is 3.98. The van der Waals surface area contributed by atoms with E-state index in [9.17, 15) is 9.59 Å². The molecule has 2 amide bonds. The molecule has 0 bridgehead atoms. The molecule has 1 atom stereocenters. The number of rotatable bonds is 4. The number of nitrogens with one attached hydrogen (secondary N) is 1. The van der Waals surface area contributed by atoms with Gasteiger partial charge in [0.15, 0.2) is 0 Å². The molecule has 2 aromatic rings. The Labute approximate surface area is 181 Å². The number of benzene rings is 2. The van der Waals surface area contributed by atoms with Crippen molar-refractivity contribution < 1.29 is 14.3 Å². The van der Waals surface area contributed by atoms with Crippen LogP contribution in [0.3, 0.4) is 0 Å². The van der Waals surface area contributed by atoms with Crippen molar-refractivity contribution in [2.24, 2.45) is 0 Å². The lowest BCUT2D eigenvalue weighted by molar-refractivity contribution is -0.129. The number of morpholine rings is 1. The number of anilines is 2. The SMILES string of the molecule is CC(=O)N1C=Cc2ccccc2C1CC(=O)Nc1cc(Cl)ccc1N1CCOCC1. The molecule has 0 aliphatic carbocycles. The van der Waals surface area contributed by atoms with Crippen molar-refractivity contribution in [1.82, 2.24) is 4.90 Å². The maximum absolute atomic E-state index is 13.0. The molecule has 156 valence electrons. The van der Waals surface area contributed by atoms with Crippen molar-refractivity contribution in [3.63, 3.8) is 0 Å². The third-order valence-corrected chi connectivity index (χ3v) is 5.67. The molecule has 2 aromatic carbocycles. The lowest BCUT2D eigenvalue weighted by atomic mass is 9.93. The lowest BCUT2D eigenvalue weighted by Crippen LogP contribution is -2.37. The number of hydrogen-bond acceptors (Lipinski definition) is 4. The molecular formula is C23H24ClN3O3. The summed E-state index contributed by atoms with van der Waals surface area (Å²) in [6, 6.07) is 13.0. The van der Waals surface area contributed by atoms with Gasteiger partial charge in [-0.3, -0.25) is 9.59 Å². The number of fused-ring (bicyclic) bond motifs is 1. The summed E-state index contributed by atoms with van der Waals surface area (Å²) >= 11 is 6.21. The fourth-order valence-corrected chi connectivity index (χ4v) is 4.15. The van der Waals surface area contributed by atoms with Gasteiger partial charge in [-0.2, -0.15) is 0 Å². The first-order valence-corrected chi connectivity index (χ1v) is 10.4. The third-order valence-electron chi connectivity index (χ3n) is 5.43. The quantitative estimate of drug-likeness (QED) is 0.801. The molecule has 6 nitrogen and oxygen atoms in total. The molecule has 1 fully saturated rings. The summed E-state index contributed by atoms with van der Waals surface area (Å²) < 4.78 is 5.43. The van der Waals surface area contributed by atoms with Crippen LogP contribution in [-0.4, -0.2) is 43.0 Å². The number of carbonyl (C=O) groups excluding carboxylic acids is 2. The van der Waals surface area contributed by atoms with E-state index in [4.69, 9.17) is 16.3 Å². The van der Waals surface area contributed by atoms with Gasteiger partial charge in [0.1, 0.15) is 0 Å². The van der Waals surface area contributed by atoms with Gasteiger partial charge in [0.05, 0.1) is 37.1 Å². The molecule has 1 N–H and O–H groups in total. The van der Waals surface area contributed by atoms with Crippen LogP contribution in [0.1, 0.15) is 30.5 Å². The van der Waals surface area contributed by atoms with Gasteiger partial charge >= 0.3 is 0 Å². The predicted octanol–water partition coefficient (Wildman–Crippen LogP) is 4.08. The predicted molar refractivity (Wildman–Crippen MR) is 118 cm³/mol. The van der Waals surface area contributed by atoms with Gasteiger partial charge in [-0.05, 0) is 35.4 Å². The van der Waals surface area contributed by atoms with Gasteiger partial charge in [0.25, 0.3) is 0 Å². The Morgan fingerprint density at radius 3 is 2.70 bits per heavy atom. The van der Waals surface area contributed by atoms with Crippen molar-refractivity contribution in [3.8, 4) is 0 Å². The van der Waals surface area contributed by atoms with Crippen molar-refractivity contribution in [3.05, 3.63) is 64.8 Å². The minimum absolute atomic E-state index is 0.102. The number of amides is 2. The molecule has 0 radical (unpaired) electrons.